The van der Waals surface area contributed by atoms with E-state index in [1.807, 2.05) is 24.2 Å². The predicted molar refractivity (Wildman–Crippen MR) is 94.0 cm³/mol. The van der Waals surface area contributed by atoms with Crippen LogP contribution in [0.4, 0.5) is 0 Å². The van der Waals surface area contributed by atoms with E-state index in [0.29, 0.717) is 16.7 Å². The van der Waals surface area contributed by atoms with E-state index in [1.165, 1.54) is 5.69 Å². The highest BCUT2D eigenvalue weighted by Gasteiger charge is 2.30. The molecule has 0 N–H and O–H groups in total. The van der Waals surface area contributed by atoms with Crippen molar-refractivity contribution in [1.29, 1.82) is 0 Å². The molecule has 1 saturated heterocycles. The Kier molecular flexibility index (Phi) is 3.99. The lowest BCUT2D eigenvalue weighted by Crippen LogP contribution is -2.35. The van der Waals surface area contributed by atoms with Crippen molar-refractivity contribution in [1.82, 2.24) is 29.4 Å². The molecule has 25 heavy (non-hydrogen) atoms. The van der Waals surface area contributed by atoms with Gasteiger partial charge in [-0.2, -0.15) is 0 Å². The Hall–Kier alpha value is -2.70. The van der Waals surface area contributed by atoms with Gasteiger partial charge in [0, 0.05) is 38.7 Å². The zero-order valence-corrected chi connectivity index (χ0v) is 14.6. The Morgan fingerprint density at radius 2 is 2.08 bits per heavy atom. The molecule has 0 saturated carbocycles. The third-order valence-electron chi connectivity index (χ3n) is 5.06. The zero-order chi connectivity index (χ0) is 17.4. The molecule has 130 valence electrons. The van der Waals surface area contributed by atoms with Crippen molar-refractivity contribution < 1.29 is 4.79 Å². The van der Waals surface area contributed by atoms with Gasteiger partial charge in [0.15, 0.2) is 5.65 Å². The summed E-state index contributed by atoms with van der Waals surface area (Å²) in [5.74, 6) is 0.0148. The summed E-state index contributed by atoms with van der Waals surface area (Å²) in [6, 6.07) is 6.00. The molecule has 1 amide bonds. The first-order valence-electron chi connectivity index (χ1n) is 8.73. The van der Waals surface area contributed by atoms with Gasteiger partial charge in [-0.15, -0.1) is 5.10 Å². The van der Waals surface area contributed by atoms with Gasteiger partial charge < -0.3 is 9.47 Å². The first-order chi connectivity index (χ1) is 12.2. The van der Waals surface area contributed by atoms with Crippen LogP contribution in [-0.4, -0.2) is 41.9 Å². The number of aromatic nitrogens is 5. The fourth-order valence-corrected chi connectivity index (χ4v) is 3.74. The summed E-state index contributed by atoms with van der Waals surface area (Å²) >= 11 is 0. The van der Waals surface area contributed by atoms with Gasteiger partial charge in [0.1, 0.15) is 5.52 Å². The molecule has 7 nitrogen and oxygen atoms in total. The van der Waals surface area contributed by atoms with Crippen LogP contribution in [-0.2, 0) is 14.1 Å². The molecular formula is C18H22N6O. The van der Waals surface area contributed by atoms with Crippen LogP contribution in [0, 0.1) is 0 Å². The van der Waals surface area contributed by atoms with E-state index in [-0.39, 0.29) is 11.9 Å². The summed E-state index contributed by atoms with van der Waals surface area (Å²) < 4.78 is 3.71. The number of amides is 1. The van der Waals surface area contributed by atoms with Gasteiger partial charge in [-0.3, -0.25) is 4.79 Å². The van der Waals surface area contributed by atoms with Crippen molar-refractivity contribution in [2.24, 2.45) is 14.1 Å². The minimum Gasteiger partial charge on any atom is -0.353 e. The molecule has 0 bridgehead atoms. The number of fused-ring (bicyclic) bond motifs is 1. The predicted octanol–water partition coefficient (Wildman–Crippen LogP) is 2.46. The van der Waals surface area contributed by atoms with Crippen molar-refractivity contribution in [3.05, 3.63) is 41.9 Å². The van der Waals surface area contributed by atoms with E-state index in [2.05, 4.69) is 25.9 Å². The van der Waals surface area contributed by atoms with E-state index in [4.69, 9.17) is 0 Å². The van der Waals surface area contributed by atoms with Crippen molar-refractivity contribution in [2.75, 3.05) is 6.54 Å². The normalized spacial score (nSPS) is 18.5. The minimum atomic E-state index is 0.0148. The van der Waals surface area contributed by atoms with E-state index in [0.717, 1.165) is 32.2 Å². The quantitative estimate of drug-likeness (QED) is 0.720. The Balaban J connectivity index is 1.76. The third kappa shape index (κ3) is 2.69. The average molecular weight is 338 g/mol. The van der Waals surface area contributed by atoms with E-state index in [1.54, 1.807) is 24.0 Å². The Morgan fingerprint density at radius 3 is 2.88 bits per heavy atom. The second-order valence-electron chi connectivity index (χ2n) is 6.65. The van der Waals surface area contributed by atoms with Crippen molar-refractivity contribution in [3.63, 3.8) is 0 Å². The van der Waals surface area contributed by atoms with Crippen LogP contribution < -0.4 is 0 Å². The Labute approximate surface area is 146 Å². The van der Waals surface area contributed by atoms with Crippen LogP contribution in [0.25, 0.3) is 11.2 Å². The second-order valence-corrected chi connectivity index (χ2v) is 6.65. The number of carbonyl (C=O) groups excluding carboxylic acids is 1. The Bertz CT molecular complexity index is 911. The number of hydrogen-bond acceptors (Lipinski definition) is 4. The van der Waals surface area contributed by atoms with Crippen molar-refractivity contribution >= 4 is 17.1 Å². The maximum absolute atomic E-state index is 13.4. The van der Waals surface area contributed by atoms with Crippen molar-refractivity contribution in [3.8, 4) is 0 Å². The fourth-order valence-electron chi connectivity index (χ4n) is 3.74. The highest BCUT2D eigenvalue weighted by Crippen LogP contribution is 2.32. The van der Waals surface area contributed by atoms with Gasteiger partial charge in [-0.05, 0) is 31.0 Å². The van der Waals surface area contributed by atoms with Crippen molar-refractivity contribution in [2.45, 2.75) is 31.7 Å². The molecule has 3 aromatic heterocycles. The largest absolute Gasteiger partial charge is 0.353 e. The first-order valence-corrected chi connectivity index (χ1v) is 8.73. The number of nitrogens with zero attached hydrogens (tertiary/aromatic N) is 6. The number of pyridine rings is 1. The number of hydrogen-bond donors (Lipinski definition) is 0. The van der Waals surface area contributed by atoms with Gasteiger partial charge in [-0.1, -0.05) is 18.1 Å². The van der Waals surface area contributed by atoms with E-state index < -0.39 is 0 Å². The molecule has 0 aliphatic carbocycles. The maximum atomic E-state index is 13.4. The van der Waals surface area contributed by atoms with Crippen LogP contribution >= 0.6 is 0 Å². The molecule has 1 atom stereocenters. The number of likely N-dealkylation sites (tertiary alicyclic amines) is 1. The monoisotopic (exact) mass is 338 g/mol. The van der Waals surface area contributed by atoms with Gasteiger partial charge in [0.2, 0.25) is 0 Å². The summed E-state index contributed by atoms with van der Waals surface area (Å²) in [7, 11) is 3.82. The topological polar surface area (TPSA) is 68.8 Å². The second kappa shape index (κ2) is 6.31. The molecular weight excluding hydrogens is 316 g/mol. The summed E-state index contributed by atoms with van der Waals surface area (Å²) in [6.45, 7) is 0.763. The molecule has 0 aromatic carbocycles. The van der Waals surface area contributed by atoms with Gasteiger partial charge in [0.05, 0.1) is 11.6 Å². The maximum Gasteiger partial charge on any atom is 0.256 e. The standard InChI is InChI=1S/C18H22N6O/c1-22-11-6-8-14(22)15-7-4-3-5-12-24(15)18(25)13-9-10-19-17-16(13)20-21-23(17)2/h6,8-11,15H,3-5,7,12H2,1-2H3. The minimum absolute atomic E-state index is 0.0148. The average Bonchev–Trinajstić information content (AvgIpc) is 3.12. The summed E-state index contributed by atoms with van der Waals surface area (Å²) in [6.07, 6.45) is 8.00. The molecule has 1 aliphatic heterocycles. The molecule has 4 rings (SSSR count). The van der Waals surface area contributed by atoms with Gasteiger partial charge in [0.25, 0.3) is 5.91 Å². The Morgan fingerprint density at radius 1 is 1.20 bits per heavy atom. The van der Waals surface area contributed by atoms with E-state index in [9.17, 15) is 4.79 Å². The molecule has 0 radical (unpaired) electrons. The third-order valence-corrected chi connectivity index (χ3v) is 5.06. The first kappa shape index (κ1) is 15.8. The van der Waals surface area contributed by atoms with Crippen LogP contribution in [0.15, 0.2) is 30.6 Å². The van der Waals surface area contributed by atoms with Gasteiger partial charge >= 0.3 is 0 Å². The number of aryl methyl sites for hydroxylation is 2. The molecule has 1 unspecified atom stereocenters. The molecule has 7 heteroatoms. The number of rotatable bonds is 2. The van der Waals surface area contributed by atoms with E-state index >= 15 is 0 Å². The zero-order valence-electron chi connectivity index (χ0n) is 14.6. The highest BCUT2D eigenvalue weighted by atomic mass is 16.2. The molecule has 1 fully saturated rings. The molecule has 0 spiro atoms. The van der Waals surface area contributed by atoms with Gasteiger partial charge in [-0.25, -0.2) is 9.67 Å². The van der Waals surface area contributed by atoms with Crippen LogP contribution in [0.5, 0.6) is 0 Å². The van der Waals surface area contributed by atoms with Crippen LogP contribution in [0.2, 0.25) is 0 Å². The highest BCUT2D eigenvalue weighted by molar-refractivity contribution is 6.04. The summed E-state index contributed by atoms with van der Waals surface area (Å²) in [5, 5.41) is 8.18. The molecule has 3 aromatic rings. The SMILES string of the molecule is Cn1cccc1C1CCCCCN1C(=O)c1ccnc2c1nnn2C. The lowest BCUT2D eigenvalue weighted by Gasteiger charge is -2.30. The fraction of sp³-hybridized carbons (Fsp3) is 0.444. The smallest absolute Gasteiger partial charge is 0.256 e. The summed E-state index contributed by atoms with van der Waals surface area (Å²) in [5.41, 5.74) is 2.97. The molecule has 1 aliphatic rings. The van der Waals surface area contributed by atoms with Crippen LogP contribution in [0.3, 0.4) is 0 Å². The summed E-state index contributed by atoms with van der Waals surface area (Å²) in [4.78, 5) is 19.7. The molecule has 4 heterocycles. The lowest BCUT2D eigenvalue weighted by atomic mass is 10.1. The van der Waals surface area contributed by atoms with Crippen LogP contribution in [0.1, 0.15) is 47.8 Å². The lowest BCUT2D eigenvalue weighted by molar-refractivity contribution is 0.0676. The number of carbonyl (C=O) groups is 1.